The summed E-state index contributed by atoms with van der Waals surface area (Å²) in [6, 6.07) is 25.6. The van der Waals surface area contributed by atoms with E-state index in [0.717, 1.165) is 29.0 Å². The molecule has 0 atom stereocenters. The summed E-state index contributed by atoms with van der Waals surface area (Å²) < 4.78 is 11.1. The van der Waals surface area contributed by atoms with Crippen LogP contribution in [0.3, 0.4) is 0 Å². The van der Waals surface area contributed by atoms with Crippen LogP contribution in [-0.2, 0) is 22.4 Å². The van der Waals surface area contributed by atoms with Crippen LogP contribution in [0.5, 0.6) is 11.5 Å². The lowest BCUT2D eigenvalue weighted by Gasteiger charge is -2.34. The number of ether oxygens (including phenoxy) is 2. The van der Waals surface area contributed by atoms with Crippen LogP contribution < -0.4 is 9.47 Å². The number of benzene rings is 3. The van der Waals surface area contributed by atoms with E-state index >= 15 is 0 Å². The SMILES string of the molecule is COc1cccc(CC(=O)N2CCN(C(=O)COc3ccccc3Cc3ccccc3)CC2)c1. The summed E-state index contributed by atoms with van der Waals surface area (Å²) in [6.07, 6.45) is 1.08. The Balaban J connectivity index is 1.26. The van der Waals surface area contributed by atoms with Crippen molar-refractivity contribution < 1.29 is 19.1 Å². The lowest BCUT2D eigenvalue weighted by Crippen LogP contribution is -2.52. The van der Waals surface area contributed by atoms with Crippen LogP contribution >= 0.6 is 0 Å². The Morgan fingerprint density at radius 2 is 1.41 bits per heavy atom. The van der Waals surface area contributed by atoms with Gasteiger partial charge in [0.1, 0.15) is 11.5 Å². The molecule has 0 N–H and O–H groups in total. The summed E-state index contributed by atoms with van der Waals surface area (Å²) in [5.74, 6) is 1.47. The second kappa shape index (κ2) is 11.4. The third kappa shape index (κ3) is 6.16. The van der Waals surface area contributed by atoms with Crippen LogP contribution in [0, 0.1) is 0 Å². The molecule has 1 saturated heterocycles. The molecule has 0 radical (unpaired) electrons. The minimum atomic E-state index is -0.0607. The van der Waals surface area contributed by atoms with Gasteiger partial charge >= 0.3 is 0 Å². The molecule has 6 heteroatoms. The van der Waals surface area contributed by atoms with Gasteiger partial charge in [0.2, 0.25) is 5.91 Å². The van der Waals surface area contributed by atoms with Gasteiger partial charge in [0.25, 0.3) is 5.91 Å². The van der Waals surface area contributed by atoms with Crippen LogP contribution in [0.1, 0.15) is 16.7 Å². The zero-order chi connectivity index (χ0) is 23.8. The summed E-state index contributed by atoms with van der Waals surface area (Å²) in [5.41, 5.74) is 3.17. The Morgan fingerprint density at radius 3 is 2.15 bits per heavy atom. The molecule has 3 aromatic carbocycles. The van der Waals surface area contributed by atoms with Gasteiger partial charge in [-0.15, -0.1) is 0 Å². The maximum Gasteiger partial charge on any atom is 0.260 e. The third-order valence-corrected chi connectivity index (χ3v) is 6.04. The maximum atomic E-state index is 12.8. The van der Waals surface area contributed by atoms with Crippen LogP contribution in [0.4, 0.5) is 0 Å². The van der Waals surface area contributed by atoms with E-state index in [4.69, 9.17) is 9.47 Å². The van der Waals surface area contributed by atoms with Gasteiger partial charge in [-0.2, -0.15) is 0 Å². The van der Waals surface area contributed by atoms with E-state index in [-0.39, 0.29) is 18.4 Å². The highest BCUT2D eigenvalue weighted by atomic mass is 16.5. The fourth-order valence-electron chi connectivity index (χ4n) is 4.11. The zero-order valence-electron chi connectivity index (χ0n) is 19.5. The van der Waals surface area contributed by atoms with Crippen LogP contribution in [0.2, 0.25) is 0 Å². The largest absolute Gasteiger partial charge is 0.497 e. The second-order valence-electron chi connectivity index (χ2n) is 8.35. The molecule has 0 bridgehead atoms. The Labute approximate surface area is 200 Å². The quantitative estimate of drug-likeness (QED) is 0.518. The van der Waals surface area contributed by atoms with Gasteiger partial charge in [0.05, 0.1) is 13.5 Å². The monoisotopic (exact) mass is 458 g/mol. The number of piperazine rings is 1. The average Bonchev–Trinajstić information content (AvgIpc) is 2.89. The number of amides is 2. The third-order valence-electron chi connectivity index (χ3n) is 6.04. The number of para-hydroxylation sites is 1. The van der Waals surface area contributed by atoms with Gasteiger partial charge in [0, 0.05) is 32.6 Å². The predicted molar refractivity (Wildman–Crippen MR) is 131 cm³/mol. The smallest absolute Gasteiger partial charge is 0.260 e. The van der Waals surface area contributed by atoms with Crippen molar-refractivity contribution in [2.24, 2.45) is 0 Å². The molecule has 1 fully saturated rings. The molecule has 34 heavy (non-hydrogen) atoms. The molecule has 0 aromatic heterocycles. The Bertz CT molecular complexity index is 1110. The van der Waals surface area contributed by atoms with E-state index in [1.54, 1.807) is 12.0 Å². The molecule has 4 rings (SSSR count). The Hall–Kier alpha value is -3.80. The van der Waals surface area contributed by atoms with E-state index in [1.807, 2.05) is 71.6 Å². The van der Waals surface area contributed by atoms with Gasteiger partial charge in [-0.25, -0.2) is 0 Å². The molecule has 1 heterocycles. The van der Waals surface area contributed by atoms with Crippen molar-refractivity contribution in [1.82, 2.24) is 9.80 Å². The first kappa shape index (κ1) is 23.4. The first-order valence-electron chi connectivity index (χ1n) is 11.6. The number of hydrogen-bond acceptors (Lipinski definition) is 4. The van der Waals surface area contributed by atoms with Crippen molar-refractivity contribution in [3.05, 3.63) is 95.6 Å². The van der Waals surface area contributed by atoms with Crippen molar-refractivity contribution >= 4 is 11.8 Å². The number of hydrogen-bond donors (Lipinski definition) is 0. The van der Waals surface area contributed by atoms with Crippen molar-refractivity contribution in [2.75, 3.05) is 39.9 Å². The fourth-order valence-corrected chi connectivity index (χ4v) is 4.11. The molecule has 0 unspecified atom stereocenters. The Kier molecular flexibility index (Phi) is 7.81. The number of carbonyl (C=O) groups is 2. The summed E-state index contributed by atoms with van der Waals surface area (Å²) in [5, 5.41) is 0. The molecule has 0 saturated carbocycles. The highest BCUT2D eigenvalue weighted by Gasteiger charge is 2.24. The Morgan fingerprint density at radius 1 is 0.765 bits per heavy atom. The summed E-state index contributed by atoms with van der Waals surface area (Å²) in [7, 11) is 1.61. The van der Waals surface area contributed by atoms with Gasteiger partial charge in [-0.05, 0) is 34.9 Å². The molecule has 3 aromatic rings. The minimum Gasteiger partial charge on any atom is -0.497 e. The predicted octanol–water partition coefficient (Wildman–Crippen LogP) is 3.58. The highest BCUT2D eigenvalue weighted by molar-refractivity contribution is 5.80. The summed E-state index contributed by atoms with van der Waals surface area (Å²) in [6.45, 7) is 2.07. The number of methoxy groups -OCH3 is 1. The molecule has 0 aliphatic carbocycles. The standard InChI is InChI=1S/C28H30N2O4/c1-33-25-12-7-10-23(19-25)20-27(31)29-14-16-30(17-15-29)28(32)21-34-26-13-6-5-11-24(26)18-22-8-3-2-4-9-22/h2-13,19H,14-18,20-21H2,1H3. The summed E-state index contributed by atoms with van der Waals surface area (Å²) in [4.78, 5) is 29.1. The van der Waals surface area contributed by atoms with Crippen molar-refractivity contribution in [2.45, 2.75) is 12.8 Å². The number of carbonyl (C=O) groups excluding carboxylic acids is 2. The maximum absolute atomic E-state index is 12.8. The first-order valence-corrected chi connectivity index (χ1v) is 11.6. The molecular formula is C28H30N2O4. The van der Waals surface area contributed by atoms with E-state index in [2.05, 4.69) is 12.1 Å². The fraction of sp³-hybridized carbons (Fsp3) is 0.286. The van der Waals surface area contributed by atoms with Crippen molar-refractivity contribution in [1.29, 1.82) is 0 Å². The van der Waals surface area contributed by atoms with Crippen LogP contribution in [0.25, 0.3) is 0 Å². The van der Waals surface area contributed by atoms with E-state index in [1.165, 1.54) is 5.56 Å². The number of nitrogens with zero attached hydrogens (tertiary/aromatic N) is 2. The molecule has 6 nitrogen and oxygen atoms in total. The van der Waals surface area contributed by atoms with Crippen LogP contribution in [0.15, 0.2) is 78.9 Å². The highest BCUT2D eigenvalue weighted by Crippen LogP contribution is 2.22. The topological polar surface area (TPSA) is 59.1 Å². The van der Waals surface area contributed by atoms with E-state index in [9.17, 15) is 9.59 Å². The van der Waals surface area contributed by atoms with E-state index < -0.39 is 0 Å². The lowest BCUT2D eigenvalue weighted by molar-refractivity contribution is -0.140. The first-order chi connectivity index (χ1) is 16.6. The van der Waals surface area contributed by atoms with Crippen molar-refractivity contribution in [3.8, 4) is 11.5 Å². The molecule has 1 aliphatic rings. The second-order valence-corrected chi connectivity index (χ2v) is 8.35. The molecule has 176 valence electrons. The number of rotatable bonds is 8. The zero-order valence-corrected chi connectivity index (χ0v) is 19.5. The van der Waals surface area contributed by atoms with Gasteiger partial charge in [-0.3, -0.25) is 9.59 Å². The minimum absolute atomic E-state index is 0.0104. The molecular weight excluding hydrogens is 428 g/mol. The lowest BCUT2D eigenvalue weighted by atomic mass is 10.0. The molecule has 1 aliphatic heterocycles. The van der Waals surface area contributed by atoms with Gasteiger partial charge in [0.15, 0.2) is 6.61 Å². The average molecular weight is 459 g/mol. The summed E-state index contributed by atoms with van der Waals surface area (Å²) >= 11 is 0. The van der Waals surface area contributed by atoms with Gasteiger partial charge in [-0.1, -0.05) is 60.7 Å². The van der Waals surface area contributed by atoms with Gasteiger partial charge < -0.3 is 19.3 Å². The molecule has 2 amide bonds. The van der Waals surface area contributed by atoms with Crippen LogP contribution in [-0.4, -0.2) is 61.5 Å². The normalized spacial score (nSPS) is 13.4. The molecule has 0 spiro atoms. The van der Waals surface area contributed by atoms with E-state index in [0.29, 0.717) is 32.6 Å². The van der Waals surface area contributed by atoms with Crippen molar-refractivity contribution in [3.63, 3.8) is 0 Å².